The van der Waals surface area contributed by atoms with Gasteiger partial charge in [-0.1, -0.05) is 26.0 Å². The molecule has 0 aliphatic rings. The molecule has 0 spiro atoms. The molecular formula is C14H16N2O3. The average Bonchev–Trinajstić information content (AvgIpc) is 2.39. The zero-order valence-corrected chi connectivity index (χ0v) is 10.9. The number of nitrogens with zero attached hydrogens (tertiary/aromatic N) is 1. The molecule has 0 saturated heterocycles. The number of benzene rings is 1. The van der Waals surface area contributed by atoms with E-state index in [0.717, 1.165) is 5.56 Å². The number of rotatable bonds is 4. The average molecular weight is 260 g/mol. The van der Waals surface area contributed by atoms with E-state index in [1.54, 1.807) is 24.3 Å². The summed E-state index contributed by atoms with van der Waals surface area (Å²) in [6, 6.07) is 8.27. The number of nitrogens with one attached hydrogen (secondary N) is 1. The zero-order valence-electron chi connectivity index (χ0n) is 10.9. The van der Waals surface area contributed by atoms with Gasteiger partial charge in [-0.15, -0.1) is 0 Å². The Morgan fingerprint density at radius 2 is 2.00 bits per heavy atom. The minimum absolute atomic E-state index is 0.0129. The van der Waals surface area contributed by atoms with Gasteiger partial charge in [0.1, 0.15) is 11.6 Å². The van der Waals surface area contributed by atoms with Crippen LogP contribution in [0.15, 0.2) is 35.1 Å². The number of hydrogen-bond acceptors (Lipinski definition) is 4. The van der Waals surface area contributed by atoms with Crippen LogP contribution in [0.4, 0.5) is 0 Å². The van der Waals surface area contributed by atoms with Crippen molar-refractivity contribution in [1.82, 2.24) is 9.97 Å². The molecule has 0 saturated carbocycles. The smallest absolute Gasteiger partial charge is 0.254 e. The SMILES string of the molecule is CC(C)c1nc(Oc2ccc(CO)cc2)cc(=O)[nH]1. The predicted octanol–water partition coefficient (Wildman–Crippen LogP) is 2.18. The maximum Gasteiger partial charge on any atom is 0.254 e. The summed E-state index contributed by atoms with van der Waals surface area (Å²) >= 11 is 0. The summed E-state index contributed by atoms with van der Waals surface area (Å²) in [7, 11) is 0. The van der Waals surface area contributed by atoms with Gasteiger partial charge in [0, 0.05) is 5.92 Å². The molecule has 1 heterocycles. The number of hydrogen-bond donors (Lipinski definition) is 2. The lowest BCUT2D eigenvalue weighted by molar-refractivity contribution is 0.281. The molecule has 2 rings (SSSR count). The maximum atomic E-state index is 11.5. The first-order valence-corrected chi connectivity index (χ1v) is 6.07. The van der Waals surface area contributed by atoms with E-state index in [-0.39, 0.29) is 24.0 Å². The lowest BCUT2D eigenvalue weighted by atomic mass is 10.2. The Kier molecular flexibility index (Phi) is 3.97. The number of aliphatic hydroxyl groups excluding tert-OH is 1. The molecule has 0 atom stereocenters. The Morgan fingerprint density at radius 3 is 2.58 bits per heavy atom. The van der Waals surface area contributed by atoms with Gasteiger partial charge >= 0.3 is 0 Å². The molecule has 0 aliphatic heterocycles. The van der Waals surface area contributed by atoms with Crippen molar-refractivity contribution < 1.29 is 9.84 Å². The first-order chi connectivity index (χ1) is 9.08. The quantitative estimate of drug-likeness (QED) is 0.883. The second kappa shape index (κ2) is 5.67. The summed E-state index contributed by atoms with van der Waals surface area (Å²) < 4.78 is 5.54. The molecule has 100 valence electrons. The molecule has 0 amide bonds. The molecule has 2 aromatic rings. The fraction of sp³-hybridized carbons (Fsp3) is 0.286. The molecule has 19 heavy (non-hydrogen) atoms. The van der Waals surface area contributed by atoms with E-state index >= 15 is 0 Å². The van der Waals surface area contributed by atoms with E-state index in [1.807, 2.05) is 13.8 Å². The Morgan fingerprint density at radius 1 is 1.32 bits per heavy atom. The number of aromatic nitrogens is 2. The highest BCUT2D eigenvalue weighted by Crippen LogP contribution is 2.20. The number of ether oxygens (including phenoxy) is 1. The zero-order chi connectivity index (χ0) is 13.8. The fourth-order valence-corrected chi connectivity index (χ4v) is 1.56. The van der Waals surface area contributed by atoms with E-state index in [0.29, 0.717) is 11.6 Å². The minimum Gasteiger partial charge on any atom is -0.439 e. The number of aliphatic hydroxyl groups is 1. The van der Waals surface area contributed by atoms with Crippen molar-refractivity contribution in [1.29, 1.82) is 0 Å². The van der Waals surface area contributed by atoms with E-state index in [2.05, 4.69) is 9.97 Å². The first-order valence-electron chi connectivity index (χ1n) is 6.07. The monoisotopic (exact) mass is 260 g/mol. The topological polar surface area (TPSA) is 75.2 Å². The molecule has 1 aromatic carbocycles. The van der Waals surface area contributed by atoms with Crippen LogP contribution in [-0.2, 0) is 6.61 Å². The van der Waals surface area contributed by atoms with Gasteiger partial charge in [0.25, 0.3) is 5.56 Å². The van der Waals surface area contributed by atoms with Crippen LogP contribution in [0.5, 0.6) is 11.6 Å². The van der Waals surface area contributed by atoms with Gasteiger partial charge in [0.15, 0.2) is 0 Å². The van der Waals surface area contributed by atoms with Gasteiger partial charge in [-0.05, 0) is 17.7 Å². The van der Waals surface area contributed by atoms with E-state index in [4.69, 9.17) is 9.84 Å². The molecule has 5 heteroatoms. The summed E-state index contributed by atoms with van der Waals surface area (Å²) in [5.74, 6) is 1.55. The Bertz CT molecular complexity index is 603. The summed E-state index contributed by atoms with van der Waals surface area (Å²) in [4.78, 5) is 18.4. The summed E-state index contributed by atoms with van der Waals surface area (Å²) in [6.45, 7) is 3.87. The summed E-state index contributed by atoms with van der Waals surface area (Å²) in [5, 5.41) is 8.95. The molecule has 1 aromatic heterocycles. The van der Waals surface area contributed by atoms with Crippen LogP contribution in [0.2, 0.25) is 0 Å². The van der Waals surface area contributed by atoms with Crippen LogP contribution in [0.25, 0.3) is 0 Å². The van der Waals surface area contributed by atoms with Crippen LogP contribution in [0, 0.1) is 0 Å². The Hall–Kier alpha value is -2.14. The van der Waals surface area contributed by atoms with Crippen molar-refractivity contribution in [2.75, 3.05) is 0 Å². The van der Waals surface area contributed by atoms with Gasteiger partial charge in [0.05, 0.1) is 12.7 Å². The van der Waals surface area contributed by atoms with Crippen molar-refractivity contribution in [2.45, 2.75) is 26.4 Å². The molecule has 0 unspecified atom stereocenters. The normalized spacial score (nSPS) is 10.7. The van der Waals surface area contributed by atoms with Crippen LogP contribution in [0.1, 0.15) is 31.2 Å². The van der Waals surface area contributed by atoms with E-state index in [9.17, 15) is 4.79 Å². The second-order valence-corrected chi connectivity index (χ2v) is 4.53. The molecule has 5 nitrogen and oxygen atoms in total. The third kappa shape index (κ3) is 3.42. The third-order valence-electron chi connectivity index (χ3n) is 2.61. The van der Waals surface area contributed by atoms with Gasteiger partial charge in [-0.3, -0.25) is 4.79 Å². The van der Waals surface area contributed by atoms with E-state index < -0.39 is 0 Å². The second-order valence-electron chi connectivity index (χ2n) is 4.53. The molecule has 0 radical (unpaired) electrons. The standard InChI is InChI=1S/C14H16N2O3/c1-9(2)14-15-12(18)7-13(16-14)19-11-5-3-10(8-17)4-6-11/h3-7,9,17H,8H2,1-2H3,(H,15,16,18). The van der Waals surface area contributed by atoms with Crippen LogP contribution >= 0.6 is 0 Å². The lowest BCUT2D eigenvalue weighted by Crippen LogP contribution is -2.11. The molecule has 2 N–H and O–H groups in total. The Labute approximate surface area is 110 Å². The van der Waals surface area contributed by atoms with Crippen molar-refractivity contribution >= 4 is 0 Å². The minimum atomic E-state index is -0.235. The molecule has 0 bridgehead atoms. The van der Waals surface area contributed by atoms with Gasteiger partial charge in [0.2, 0.25) is 5.88 Å². The summed E-state index contributed by atoms with van der Waals surface area (Å²) in [5.41, 5.74) is 0.565. The maximum absolute atomic E-state index is 11.5. The van der Waals surface area contributed by atoms with Crippen molar-refractivity contribution in [3.05, 3.63) is 52.1 Å². The molecular weight excluding hydrogens is 244 g/mol. The van der Waals surface area contributed by atoms with Crippen molar-refractivity contribution in [3.8, 4) is 11.6 Å². The van der Waals surface area contributed by atoms with Gasteiger partial charge in [-0.25, -0.2) is 0 Å². The Balaban J connectivity index is 2.24. The number of H-pyrrole nitrogens is 1. The number of aromatic amines is 1. The fourth-order valence-electron chi connectivity index (χ4n) is 1.56. The van der Waals surface area contributed by atoms with Crippen molar-refractivity contribution in [3.63, 3.8) is 0 Å². The van der Waals surface area contributed by atoms with Gasteiger partial charge < -0.3 is 14.8 Å². The predicted molar refractivity (Wildman–Crippen MR) is 71.4 cm³/mol. The van der Waals surface area contributed by atoms with Crippen LogP contribution in [-0.4, -0.2) is 15.1 Å². The third-order valence-corrected chi connectivity index (χ3v) is 2.61. The molecule has 0 aliphatic carbocycles. The van der Waals surface area contributed by atoms with Gasteiger partial charge in [-0.2, -0.15) is 4.98 Å². The summed E-state index contributed by atoms with van der Waals surface area (Å²) in [6.07, 6.45) is 0. The molecule has 0 fully saturated rings. The highest BCUT2D eigenvalue weighted by atomic mass is 16.5. The first kappa shape index (κ1) is 13.3. The van der Waals surface area contributed by atoms with Crippen LogP contribution < -0.4 is 10.3 Å². The van der Waals surface area contributed by atoms with Crippen LogP contribution in [0.3, 0.4) is 0 Å². The van der Waals surface area contributed by atoms with Crippen molar-refractivity contribution in [2.24, 2.45) is 0 Å². The highest BCUT2D eigenvalue weighted by Gasteiger charge is 2.06. The lowest BCUT2D eigenvalue weighted by Gasteiger charge is -2.08. The van der Waals surface area contributed by atoms with E-state index in [1.165, 1.54) is 6.07 Å². The largest absolute Gasteiger partial charge is 0.439 e. The highest BCUT2D eigenvalue weighted by molar-refractivity contribution is 5.30.